The minimum Gasteiger partial charge on any atom is -0.492 e. The average molecular weight is 258 g/mol. The second kappa shape index (κ2) is 7.83. The molecule has 0 radical (unpaired) electrons. The zero-order valence-electron chi connectivity index (χ0n) is 11.6. The van der Waals surface area contributed by atoms with Crippen LogP contribution >= 0.6 is 0 Å². The number of hydrogen-bond donors (Lipinski definition) is 1. The van der Waals surface area contributed by atoms with Gasteiger partial charge in [-0.2, -0.15) is 0 Å². The smallest absolute Gasteiger partial charge is 0.134 e. The van der Waals surface area contributed by atoms with Gasteiger partial charge in [0.2, 0.25) is 0 Å². The molecule has 1 heterocycles. The van der Waals surface area contributed by atoms with E-state index in [4.69, 9.17) is 4.74 Å². The molecule has 0 amide bonds. The highest BCUT2D eigenvalue weighted by Gasteiger charge is 2.06. The molecule has 1 aromatic rings. The molecule has 102 valence electrons. The lowest BCUT2D eigenvalue weighted by Crippen LogP contribution is -2.43. The summed E-state index contributed by atoms with van der Waals surface area (Å²) in [5.41, 5.74) is 0.992. The molecule has 0 saturated carbocycles. The van der Waals surface area contributed by atoms with Crippen molar-refractivity contribution in [3.8, 4) is 17.6 Å². The number of hydrogen-bond acceptors (Lipinski definition) is 3. The molecule has 1 aliphatic heterocycles. The molecule has 1 N–H and O–H groups in total. The van der Waals surface area contributed by atoms with Crippen LogP contribution in [0.1, 0.15) is 18.9 Å². The molecule has 0 aliphatic carbocycles. The van der Waals surface area contributed by atoms with Crippen LogP contribution in [0, 0.1) is 11.8 Å². The minimum atomic E-state index is 0.747. The number of para-hydroxylation sites is 1. The third kappa shape index (κ3) is 4.59. The summed E-state index contributed by atoms with van der Waals surface area (Å²) < 4.78 is 5.70. The molecule has 1 aromatic carbocycles. The Balaban J connectivity index is 1.94. The van der Waals surface area contributed by atoms with E-state index >= 15 is 0 Å². The SMILES string of the molecule is CCCOc1ccccc1C#CCN1CCNCC1. The van der Waals surface area contributed by atoms with E-state index < -0.39 is 0 Å². The Bertz CT molecular complexity index is 442. The van der Waals surface area contributed by atoms with Gasteiger partial charge in [0.15, 0.2) is 0 Å². The second-order valence-electron chi connectivity index (χ2n) is 4.67. The van der Waals surface area contributed by atoms with Crippen molar-refractivity contribution in [1.82, 2.24) is 10.2 Å². The van der Waals surface area contributed by atoms with E-state index in [2.05, 4.69) is 29.0 Å². The zero-order chi connectivity index (χ0) is 13.3. The van der Waals surface area contributed by atoms with Crippen LogP contribution in [0.3, 0.4) is 0 Å². The Morgan fingerprint density at radius 2 is 2.05 bits per heavy atom. The Hall–Kier alpha value is -1.50. The fraction of sp³-hybridized carbons (Fsp3) is 0.500. The van der Waals surface area contributed by atoms with Crippen molar-refractivity contribution in [3.63, 3.8) is 0 Å². The summed E-state index contributed by atoms with van der Waals surface area (Å²) in [5, 5.41) is 3.35. The molecule has 2 rings (SSSR count). The van der Waals surface area contributed by atoms with Crippen LogP contribution in [0.25, 0.3) is 0 Å². The van der Waals surface area contributed by atoms with E-state index in [1.165, 1.54) is 0 Å². The summed E-state index contributed by atoms with van der Waals surface area (Å²) in [5.74, 6) is 7.39. The fourth-order valence-electron chi connectivity index (χ4n) is 2.02. The van der Waals surface area contributed by atoms with Crippen molar-refractivity contribution < 1.29 is 4.74 Å². The van der Waals surface area contributed by atoms with Gasteiger partial charge in [0.1, 0.15) is 5.75 Å². The van der Waals surface area contributed by atoms with Crippen LogP contribution in [0.5, 0.6) is 5.75 Å². The molecule has 0 bridgehead atoms. The highest BCUT2D eigenvalue weighted by atomic mass is 16.5. The van der Waals surface area contributed by atoms with Crippen LogP contribution < -0.4 is 10.1 Å². The molecule has 0 atom stereocenters. The van der Waals surface area contributed by atoms with E-state index in [-0.39, 0.29) is 0 Å². The van der Waals surface area contributed by atoms with Crippen LogP contribution in [0.2, 0.25) is 0 Å². The molecule has 3 heteroatoms. The lowest BCUT2D eigenvalue weighted by molar-refractivity contribution is 0.268. The van der Waals surface area contributed by atoms with Gasteiger partial charge in [-0.3, -0.25) is 4.90 Å². The average Bonchev–Trinajstić information content (AvgIpc) is 2.47. The standard InChI is InChI=1S/C16H22N2O/c1-2-14-19-16-8-4-3-6-15(16)7-5-11-18-12-9-17-10-13-18/h3-4,6,8,17H,2,9-14H2,1H3. The zero-order valence-corrected chi connectivity index (χ0v) is 11.6. The molecular weight excluding hydrogens is 236 g/mol. The Kier molecular flexibility index (Phi) is 5.74. The highest BCUT2D eigenvalue weighted by molar-refractivity contribution is 5.46. The number of benzene rings is 1. The molecule has 0 spiro atoms. The van der Waals surface area contributed by atoms with Crippen molar-refractivity contribution >= 4 is 0 Å². The minimum absolute atomic E-state index is 0.747. The molecule has 1 fully saturated rings. The summed E-state index contributed by atoms with van der Waals surface area (Å²) in [6.07, 6.45) is 1.02. The van der Waals surface area contributed by atoms with Crippen LogP contribution in [0.15, 0.2) is 24.3 Å². The second-order valence-corrected chi connectivity index (χ2v) is 4.67. The van der Waals surface area contributed by atoms with Gasteiger partial charge in [0, 0.05) is 26.2 Å². The molecule has 1 aliphatic rings. The predicted octanol–water partition coefficient (Wildman–Crippen LogP) is 1.73. The summed E-state index contributed by atoms with van der Waals surface area (Å²) in [4.78, 5) is 2.37. The highest BCUT2D eigenvalue weighted by Crippen LogP contribution is 2.16. The van der Waals surface area contributed by atoms with Crippen LogP contribution in [-0.2, 0) is 0 Å². The van der Waals surface area contributed by atoms with Gasteiger partial charge in [-0.15, -0.1) is 0 Å². The first-order valence-corrected chi connectivity index (χ1v) is 7.04. The van der Waals surface area contributed by atoms with E-state index in [9.17, 15) is 0 Å². The lowest BCUT2D eigenvalue weighted by Gasteiger charge is -2.24. The third-order valence-electron chi connectivity index (χ3n) is 3.08. The predicted molar refractivity (Wildman–Crippen MR) is 78.4 cm³/mol. The van der Waals surface area contributed by atoms with Crippen molar-refractivity contribution in [3.05, 3.63) is 29.8 Å². The number of rotatable bonds is 4. The lowest BCUT2D eigenvalue weighted by atomic mass is 10.2. The first kappa shape index (κ1) is 13.9. The maximum absolute atomic E-state index is 5.70. The van der Waals surface area contributed by atoms with Crippen LogP contribution in [-0.4, -0.2) is 44.2 Å². The summed E-state index contributed by atoms with van der Waals surface area (Å²) in [6.45, 7) is 8.00. The van der Waals surface area contributed by atoms with Gasteiger partial charge >= 0.3 is 0 Å². The van der Waals surface area contributed by atoms with E-state index in [0.717, 1.165) is 57.1 Å². The monoisotopic (exact) mass is 258 g/mol. The maximum atomic E-state index is 5.70. The van der Waals surface area contributed by atoms with E-state index in [0.29, 0.717) is 0 Å². The van der Waals surface area contributed by atoms with Gasteiger partial charge in [0.05, 0.1) is 18.7 Å². The van der Waals surface area contributed by atoms with Crippen LogP contribution in [0.4, 0.5) is 0 Å². The van der Waals surface area contributed by atoms with Crippen molar-refractivity contribution in [2.75, 3.05) is 39.3 Å². The summed E-state index contributed by atoms with van der Waals surface area (Å²) in [6, 6.07) is 8.01. The quantitative estimate of drug-likeness (QED) is 0.833. The maximum Gasteiger partial charge on any atom is 0.134 e. The van der Waals surface area contributed by atoms with Gasteiger partial charge in [-0.1, -0.05) is 30.9 Å². The van der Waals surface area contributed by atoms with E-state index in [1.54, 1.807) is 0 Å². The summed E-state index contributed by atoms with van der Waals surface area (Å²) in [7, 11) is 0. The van der Waals surface area contributed by atoms with Gasteiger partial charge < -0.3 is 10.1 Å². The third-order valence-corrected chi connectivity index (χ3v) is 3.08. The Labute approximate surface area is 115 Å². The number of nitrogens with zero attached hydrogens (tertiary/aromatic N) is 1. The normalized spacial score (nSPS) is 15.6. The van der Waals surface area contributed by atoms with Crippen molar-refractivity contribution in [2.24, 2.45) is 0 Å². The molecule has 19 heavy (non-hydrogen) atoms. The fourth-order valence-corrected chi connectivity index (χ4v) is 2.02. The van der Waals surface area contributed by atoms with Crippen molar-refractivity contribution in [2.45, 2.75) is 13.3 Å². The topological polar surface area (TPSA) is 24.5 Å². The summed E-state index contributed by atoms with van der Waals surface area (Å²) >= 11 is 0. The first-order valence-electron chi connectivity index (χ1n) is 7.04. The molecule has 0 unspecified atom stereocenters. The first-order chi connectivity index (χ1) is 9.40. The van der Waals surface area contributed by atoms with Gasteiger partial charge in [-0.05, 0) is 18.6 Å². The molecule has 3 nitrogen and oxygen atoms in total. The number of ether oxygens (including phenoxy) is 1. The number of nitrogens with one attached hydrogen (secondary N) is 1. The van der Waals surface area contributed by atoms with Gasteiger partial charge in [0.25, 0.3) is 0 Å². The molecule has 0 aromatic heterocycles. The van der Waals surface area contributed by atoms with E-state index in [1.807, 2.05) is 24.3 Å². The number of piperazine rings is 1. The Morgan fingerprint density at radius 1 is 1.26 bits per heavy atom. The van der Waals surface area contributed by atoms with Gasteiger partial charge in [-0.25, -0.2) is 0 Å². The molecule has 1 saturated heterocycles. The van der Waals surface area contributed by atoms with Crippen molar-refractivity contribution in [1.29, 1.82) is 0 Å². The largest absolute Gasteiger partial charge is 0.492 e. The Morgan fingerprint density at radius 3 is 2.84 bits per heavy atom. The molecular formula is C16H22N2O.